The Morgan fingerprint density at radius 2 is 1.81 bits per heavy atom. The molecule has 0 radical (unpaired) electrons. The lowest BCUT2D eigenvalue weighted by Crippen LogP contribution is -2.13. The first-order valence-corrected chi connectivity index (χ1v) is 9.18. The van der Waals surface area contributed by atoms with Gasteiger partial charge >= 0.3 is 0 Å². The van der Waals surface area contributed by atoms with Gasteiger partial charge in [-0.15, -0.1) is 11.3 Å². The Kier molecular flexibility index (Phi) is 5.15. The fourth-order valence-electron chi connectivity index (χ4n) is 2.64. The molecule has 26 heavy (non-hydrogen) atoms. The first-order chi connectivity index (χ1) is 12.5. The van der Waals surface area contributed by atoms with Crippen LogP contribution in [0, 0.1) is 25.2 Å². The normalized spacial score (nSPS) is 12.3. The number of hydrogen-bond donors (Lipinski definition) is 0. The van der Waals surface area contributed by atoms with Crippen LogP contribution in [0.2, 0.25) is 0 Å². The van der Waals surface area contributed by atoms with Gasteiger partial charge in [0, 0.05) is 18.0 Å². The highest BCUT2D eigenvalue weighted by molar-refractivity contribution is 7.07. The van der Waals surface area contributed by atoms with E-state index in [-0.39, 0.29) is 0 Å². The predicted octanol–water partition coefficient (Wildman–Crippen LogP) is 4.51. The van der Waals surface area contributed by atoms with E-state index < -0.39 is 0 Å². The third kappa shape index (κ3) is 3.51. The minimum absolute atomic E-state index is 0.643. The first kappa shape index (κ1) is 17.8. The molecule has 0 bridgehead atoms. The fourth-order valence-corrected chi connectivity index (χ4v) is 3.44. The van der Waals surface area contributed by atoms with Crippen molar-refractivity contribution < 1.29 is 0 Å². The molecular weight excluding hydrogens is 340 g/mol. The highest BCUT2D eigenvalue weighted by Crippen LogP contribution is 2.23. The number of nitriles is 1. The summed E-state index contributed by atoms with van der Waals surface area (Å²) in [4.78, 5) is 5.20. The monoisotopic (exact) mass is 360 g/mol. The molecule has 2 aromatic carbocycles. The SMILES string of the molecule is CN=c1scc(-c2ccc(C)c(C)c2)n1N=C(C)c1ccc(C#N)cc1. The third-order valence-electron chi connectivity index (χ3n) is 4.36. The van der Waals surface area contributed by atoms with Gasteiger partial charge < -0.3 is 0 Å². The topological polar surface area (TPSA) is 53.4 Å². The summed E-state index contributed by atoms with van der Waals surface area (Å²) in [5, 5.41) is 15.8. The van der Waals surface area contributed by atoms with Gasteiger partial charge in [0.1, 0.15) is 0 Å². The van der Waals surface area contributed by atoms with Crippen molar-refractivity contribution in [3.63, 3.8) is 0 Å². The van der Waals surface area contributed by atoms with E-state index in [2.05, 4.69) is 48.5 Å². The van der Waals surface area contributed by atoms with E-state index in [4.69, 9.17) is 10.4 Å². The Hall–Kier alpha value is -2.97. The Morgan fingerprint density at radius 3 is 2.42 bits per heavy atom. The van der Waals surface area contributed by atoms with Gasteiger partial charge in [0.2, 0.25) is 4.80 Å². The molecule has 0 aliphatic rings. The summed E-state index contributed by atoms with van der Waals surface area (Å²) in [7, 11) is 1.78. The molecule has 0 aliphatic heterocycles. The average Bonchev–Trinajstić information content (AvgIpc) is 3.06. The van der Waals surface area contributed by atoms with E-state index in [0.29, 0.717) is 5.56 Å². The van der Waals surface area contributed by atoms with Crippen molar-refractivity contribution in [3.8, 4) is 17.3 Å². The lowest BCUT2D eigenvalue weighted by atomic mass is 10.1. The molecule has 1 heterocycles. The van der Waals surface area contributed by atoms with Crippen molar-refractivity contribution in [1.82, 2.24) is 4.68 Å². The standard InChI is InChI=1S/C21H20N4S/c1-14-5-8-19(11-15(14)2)20-13-26-21(23-4)25(20)24-16(3)18-9-6-17(12-22)7-10-18/h5-11,13H,1-4H3. The van der Waals surface area contributed by atoms with E-state index in [1.807, 2.05) is 35.9 Å². The number of thiazole rings is 1. The van der Waals surface area contributed by atoms with Crippen LogP contribution in [-0.4, -0.2) is 17.4 Å². The van der Waals surface area contributed by atoms with Crippen LogP contribution in [0.1, 0.15) is 29.2 Å². The lowest BCUT2D eigenvalue weighted by Gasteiger charge is -2.08. The van der Waals surface area contributed by atoms with Crippen molar-refractivity contribution in [2.24, 2.45) is 10.1 Å². The summed E-state index contributed by atoms with van der Waals surface area (Å²) >= 11 is 1.57. The molecule has 1 aromatic heterocycles. The summed E-state index contributed by atoms with van der Waals surface area (Å²) in [6, 6.07) is 16.0. The number of aryl methyl sites for hydroxylation is 2. The molecule has 0 saturated carbocycles. The van der Waals surface area contributed by atoms with Gasteiger partial charge in [0.05, 0.1) is 23.0 Å². The zero-order valence-corrected chi connectivity index (χ0v) is 16.1. The molecule has 5 heteroatoms. The number of benzene rings is 2. The third-order valence-corrected chi connectivity index (χ3v) is 5.27. The van der Waals surface area contributed by atoms with E-state index in [0.717, 1.165) is 27.3 Å². The second-order valence-electron chi connectivity index (χ2n) is 6.11. The molecule has 0 N–H and O–H groups in total. The van der Waals surface area contributed by atoms with Crippen molar-refractivity contribution in [1.29, 1.82) is 5.26 Å². The van der Waals surface area contributed by atoms with Gasteiger partial charge in [-0.25, -0.2) is 4.68 Å². The van der Waals surface area contributed by atoms with Crippen LogP contribution in [0.4, 0.5) is 0 Å². The first-order valence-electron chi connectivity index (χ1n) is 8.30. The number of hydrogen-bond acceptors (Lipinski definition) is 4. The van der Waals surface area contributed by atoms with E-state index >= 15 is 0 Å². The van der Waals surface area contributed by atoms with Gasteiger partial charge in [-0.1, -0.05) is 24.3 Å². The van der Waals surface area contributed by atoms with Crippen molar-refractivity contribution in [2.75, 3.05) is 7.05 Å². The zero-order chi connectivity index (χ0) is 18.7. The molecule has 3 rings (SSSR count). The quantitative estimate of drug-likeness (QED) is 0.634. The molecule has 3 aromatic rings. The van der Waals surface area contributed by atoms with Crippen molar-refractivity contribution in [3.05, 3.63) is 74.9 Å². The maximum Gasteiger partial charge on any atom is 0.205 e. The molecular formula is C21H20N4S. The summed E-state index contributed by atoms with van der Waals surface area (Å²) in [5.74, 6) is 0. The molecule has 0 fully saturated rings. The minimum atomic E-state index is 0.643. The Morgan fingerprint density at radius 1 is 1.08 bits per heavy atom. The molecule has 0 atom stereocenters. The van der Waals surface area contributed by atoms with Crippen LogP contribution in [0.15, 0.2) is 57.9 Å². The molecule has 130 valence electrons. The summed E-state index contributed by atoms with van der Waals surface area (Å²) in [6.07, 6.45) is 0. The Bertz CT molecular complexity index is 1080. The summed E-state index contributed by atoms with van der Waals surface area (Å²) < 4.78 is 1.89. The van der Waals surface area contributed by atoms with Crippen molar-refractivity contribution >= 4 is 17.0 Å². The lowest BCUT2D eigenvalue weighted by molar-refractivity contribution is 0.842. The van der Waals surface area contributed by atoms with Crippen molar-refractivity contribution in [2.45, 2.75) is 20.8 Å². The maximum absolute atomic E-state index is 8.95. The van der Waals surface area contributed by atoms with Crippen LogP contribution >= 0.6 is 11.3 Å². The molecule has 0 amide bonds. The molecule has 0 saturated heterocycles. The molecule has 0 aliphatic carbocycles. The highest BCUT2D eigenvalue weighted by atomic mass is 32.1. The average molecular weight is 360 g/mol. The number of aromatic nitrogens is 1. The largest absolute Gasteiger partial charge is 0.261 e. The highest BCUT2D eigenvalue weighted by Gasteiger charge is 2.09. The smallest absolute Gasteiger partial charge is 0.205 e. The summed E-state index contributed by atoms with van der Waals surface area (Å²) in [6.45, 7) is 6.20. The van der Waals surface area contributed by atoms with Crippen LogP contribution in [0.25, 0.3) is 11.3 Å². The number of rotatable bonds is 3. The number of nitrogens with zero attached hydrogens (tertiary/aromatic N) is 4. The second-order valence-corrected chi connectivity index (χ2v) is 6.95. The van der Waals surface area contributed by atoms with E-state index in [1.165, 1.54) is 11.1 Å². The van der Waals surface area contributed by atoms with Gasteiger partial charge in [0.15, 0.2) is 0 Å². The molecule has 4 nitrogen and oxygen atoms in total. The van der Waals surface area contributed by atoms with Gasteiger partial charge in [-0.3, -0.25) is 4.99 Å². The second kappa shape index (κ2) is 7.51. The van der Waals surface area contributed by atoms with Gasteiger partial charge in [0.25, 0.3) is 0 Å². The Labute approximate surface area is 157 Å². The van der Waals surface area contributed by atoms with Crippen LogP contribution in [-0.2, 0) is 0 Å². The van der Waals surface area contributed by atoms with Gasteiger partial charge in [-0.05, 0) is 55.7 Å². The van der Waals surface area contributed by atoms with E-state index in [9.17, 15) is 0 Å². The minimum Gasteiger partial charge on any atom is -0.261 e. The molecule has 0 unspecified atom stereocenters. The zero-order valence-electron chi connectivity index (χ0n) is 15.3. The molecule has 0 spiro atoms. The predicted molar refractivity (Wildman–Crippen MR) is 107 cm³/mol. The fraction of sp³-hybridized carbons (Fsp3) is 0.190. The Balaban J connectivity index is 2.10. The van der Waals surface area contributed by atoms with E-state index in [1.54, 1.807) is 18.4 Å². The summed E-state index contributed by atoms with van der Waals surface area (Å²) in [5.41, 5.74) is 7.16. The van der Waals surface area contributed by atoms with Crippen LogP contribution < -0.4 is 4.80 Å². The van der Waals surface area contributed by atoms with Crippen LogP contribution in [0.5, 0.6) is 0 Å². The van der Waals surface area contributed by atoms with Crippen LogP contribution in [0.3, 0.4) is 0 Å². The van der Waals surface area contributed by atoms with Gasteiger partial charge in [-0.2, -0.15) is 10.4 Å². The maximum atomic E-state index is 8.95.